The zero-order chi connectivity index (χ0) is 19.6. The Morgan fingerprint density at radius 3 is 2.48 bits per heavy atom. The van der Waals surface area contributed by atoms with Gasteiger partial charge >= 0.3 is 6.09 Å². The molecule has 2 aromatic rings. The Labute approximate surface area is 160 Å². The zero-order valence-corrected chi connectivity index (χ0v) is 16.3. The van der Waals surface area contributed by atoms with Crippen LogP contribution in [-0.2, 0) is 16.1 Å². The fourth-order valence-electron chi connectivity index (χ4n) is 3.40. The number of nitrogens with zero attached hydrogens (tertiary/aromatic N) is 2. The lowest BCUT2D eigenvalue weighted by Crippen LogP contribution is -2.51. The van der Waals surface area contributed by atoms with E-state index in [2.05, 4.69) is 9.88 Å². The molecule has 3 rings (SSSR count). The highest BCUT2D eigenvalue weighted by molar-refractivity contribution is 5.86. The third kappa shape index (κ3) is 4.32. The van der Waals surface area contributed by atoms with Crippen LogP contribution < -0.4 is 5.32 Å². The second-order valence-electron chi connectivity index (χ2n) is 7.84. The summed E-state index contributed by atoms with van der Waals surface area (Å²) in [5.74, 6) is -0.123. The van der Waals surface area contributed by atoms with Gasteiger partial charge in [-0.3, -0.25) is 4.79 Å². The lowest BCUT2D eigenvalue weighted by molar-refractivity contribution is -0.135. The van der Waals surface area contributed by atoms with E-state index in [1.54, 1.807) is 27.7 Å². The Bertz CT molecular complexity index is 808. The summed E-state index contributed by atoms with van der Waals surface area (Å²) in [4.78, 5) is 27.1. The van der Waals surface area contributed by atoms with Crippen LogP contribution in [-0.4, -0.2) is 39.7 Å². The van der Waals surface area contributed by atoms with E-state index in [4.69, 9.17) is 4.74 Å². The molecular formula is C21H27N3O3. The molecule has 0 bridgehead atoms. The van der Waals surface area contributed by atoms with Gasteiger partial charge < -0.3 is 19.5 Å². The van der Waals surface area contributed by atoms with Crippen LogP contribution >= 0.6 is 0 Å². The molecule has 0 aliphatic carbocycles. The molecule has 0 saturated heterocycles. The smallest absolute Gasteiger partial charge is 0.408 e. The highest BCUT2D eigenvalue weighted by Crippen LogP contribution is 2.32. The molecule has 1 aliphatic heterocycles. The molecule has 1 N–H and O–H groups in total. The molecule has 2 amide bonds. The number of aromatic nitrogens is 1. The fraction of sp³-hybridized carbons (Fsp3) is 0.429. The third-order valence-electron chi connectivity index (χ3n) is 4.54. The molecule has 1 aliphatic rings. The lowest BCUT2D eigenvalue weighted by atomic mass is 9.99. The molecule has 6 nitrogen and oxygen atoms in total. The predicted molar refractivity (Wildman–Crippen MR) is 103 cm³/mol. The number of carbonyl (C=O) groups is 2. The van der Waals surface area contributed by atoms with Crippen LogP contribution in [0.15, 0.2) is 48.7 Å². The second kappa shape index (κ2) is 7.47. The molecule has 27 heavy (non-hydrogen) atoms. The van der Waals surface area contributed by atoms with E-state index >= 15 is 0 Å². The first kappa shape index (κ1) is 19.0. The van der Waals surface area contributed by atoms with E-state index in [0.29, 0.717) is 6.54 Å². The maximum Gasteiger partial charge on any atom is 0.408 e. The van der Waals surface area contributed by atoms with Crippen LogP contribution in [0, 0.1) is 0 Å². The maximum atomic E-state index is 13.2. The average Bonchev–Trinajstić information content (AvgIpc) is 3.07. The summed E-state index contributed by atoms with van der Waals surface area (Å²) < 4.78 is 7.45. The topological polar surface area (TPSA) is 63.6 Å². The summed E-state index contributed by atoms with van der Waals surface area (Å²) in [6.45, 7) is 8.40. The van der Waals surface area contributed by atoms with Gasteiger partial charge in [0.15, 0.2) is 0 Å². The Kier molecular flexibility index (Phi) is 5.26. The largest absolute Gasteiger partial charge is 0.444 e. The van der Waals surface area contributed by atoms with E-state index in [1.807, 2.05) is 53.6 Å². The minimum atomic E-state index is -0.674. The molecule has 0 radical (unpaired) electrons. The lowest BCUT2D eigenvalue weighted by Gasteiger charge is -2.38. The standard InChI is InChI=1S/C21H27N3O3/c1-15(22-20(26)27-21(2,3)4)19(25)24-14-13-23-12-8-11-17(23)18(24)16-9-6-5-7-10-16/h5-12,15,18H,13-14H2,1-4H3,(H,22,26)/t15-,18?/m0/s1. The quantitative estimate of drug-likeness (QED) is 0.903. The van der Waals surface area contributed by atoms with Crippen LogP contribution in [0.2, 0.25) is 0 Å². The first-order chi connectivity index (χ1) is 12.8. The van der Waals surface area contributed by atoms with Gasteiger partial charge in [-0.1, -0.05) is 30.3 Å². The SMILES string of the molecule is C[C@H](NC(=O)OC(C)(C)C)C(=O)N1CCn2cccc2C1c1ccccc1. The number of carbonyl (C=O) groups excluding carboxylic acids is 2. The van der Waals surface area contributed by atoms with E-state index < -0.39 is 17.7 Å². The number of ether oxygens (including phenoxy) is 1. The van der Waals surface area contributed by atoms with Crippen molar-refractivity contribution < 1.29 is 14.3 Å². The van der Waals surface area contributed by atoms with Crippen molar-refractivity contribution in [3.8, 4) is 0 Å². The molecule has 1 unspecified atom stereocenters. The van der Waals surface area contributed by atoms with Gasteiger partial charge in [-0.15, -0.1) is 0 Å². The van der Waals surface area contributed by atoms with Crippen LogP contribution in [0.5, 0.6) is 0 Å². The molecule has 0 spiro atoms. The zero-order valence-electron chi connectivity index (χ0n) is 16.3. The van der Waals surface area contributed by atoms with Gasteiger partial charge in [-0.2, -0.15) is 0 Å². The van der Waals surface area contributed by atoms with Crippen molar-refractivity contribution in [3.05, 3.63) is 59.9 Å². The van der Waals surface area contributed by atoms with Crippen molar-refractivity contribution in [1.29, 1.82) is 0 Å². The van der Waals surface area contributed by atoms with Gasteiger partial charge in [-0.05, 0) is 45.4 Å². The minimum absolute atomic E-state index is 0.123. The first-order valence-corrected chi connectivity index (χ1v) is 9.26. The van der Waals surface area contributed by atoms with E-state index in [9.17, 15) is 9.59 Å². The van der Waals surface area contributed by atoms with E-state index in [-0.39, 0.29) is 11.9 Å². The van der Waals surface area contributed by atoms with Crippen LogP contribution in [0.25, 0.3) is 0 Å². The van der Waals surface area contributed by atoms with Crippen LogP contribution in [0.4, 0.5) is 4.79 Å². The molecule has 1 aromatic carbocycles. The third-order valence-corrected chi connectivity index (χ3v) is 4.54. The molecular weight excluding hydrogens is 342 g/mol. The number of nitrogens with one attached hydrogen (secondary N) is 1. The Hall–Kier alpha value is -2.76. The average molecular weight is 369 g/mol. The van der Waals surface area contributed by atoms with Gasteiger partial charge in [0.25, 0.3) is 0 Å². The van der Waals surface area contributed by atoms with Crippen LogP contribution in [0.3, 0.4) is 0 Å². The Balaban J connectivity index is 1.81. The summed E-state index contributed by atoms with van der Waals surface area (Å²) in [5.41, 5.74) is 1.52. The summed E-state index contributed by atoms with van der Waals surface area (Å²) in [5, 5.41) is 2.66. The minimum Gasteiger partial charge on any atom is -0.444 e. The normalized spacial score (nSPS) is 17.8. The van der Waals surface area contributed by atoms with Gasteiger partial charge in [0.2, 0.25) is 5.91 Å². The van der Waals surface area contributed by atoms with E-state index in [0.717, 1.165) is 17.8 Å². The monoisotopic (exact) mass is 369 g/mol. The molecule has 0 saturated carbocycles. The van der Waals surface area contributed by atoms with Gasteiger partial charge in [0, 0.05) is 25.0 Å². The van der Waals surface area contributed by atoms with E-state index in [1.165, 1.54) is 0 Å². The second-order valence-corrected chi connectivity index (χ2v) is 7.84. The summed E-state index contributed by atoms with van der Waals surface area (Å²) >= 11 is 0. The molecule has 1 aromatic heterocycles. The molecule has 2 atom stereocenters. The summed E-state index contributed by atoms with van der Waals surface area (Å²) in [6, 6.07) is 13.2. The highest BCUT2D eigenvalue weighted by Gasteiger charge is 2.34. The van der Waals surface area contributed by atoms with Crippen molar-refractivity contribution >= 4 is 12.0 Å². The number of benzene rings is 1. The first-order valence-electron chi connectivity index (χ1n) is 9.26. The molecule has 0 fully saturated rings. The Morgan fingerprint density at radius 1 is 1.11 bits per heavy atom. The summed E-state index contributed by atoms with van der Waals surface area (Å²) in [7, 11) is 0. The molecule has 6 heteroatoms. The maximum absolute atomic E-state index is 13.2. The molecule has 2 heterocycles. The van der Waals surface area contributed by atoms with Crippen molar-refractivity contribution in [2.24, 2.45) is 0 Å². The fourth-order valence-corrected chi connectivity index (χ4v) is 3.40. The number of hydrogen-bond acceptors (Lipinski definition) is 3. The predicted octanol–water partition coefficient (Wildman–Crippen LogP) is 3.33. The Morgan fingerprint density at radius 2 is 1.81 bits per heavy atom. The van der Waals surface area contributed by atoms with Gasteiger partial charge in [-0.25, -0.2) is 4.79 Å². The van der Waals surface area contributed by atoms with Crippen molar-refractivity contribution in [2.45, 2.75) is 51.9 Å². The number of rotatable bonds is 3. The number of amides is 2. The molecule has 144 valence electrons. The van der Waals surface area contributed by atoms with Crippen molar-refractivity contribution in [1.82, 2.24) is 14.8 Å². The van der Waals surface area contributed by atoms with Crippen LogP contribution in [0.1, 0.15) is 45.0 Å². The number of fused-ring (bicyclic) bond motifs is 1. The number of alkyl carbamates (subject to hydrolysis) is 1. The van der Waals surface area contributed by atoms with Crippen molar-refractivity contribution in [3.63, 3.8) is 0 Å². The van der Waals surface area contributed by atoms with Crippen molar-refractivity contribution in [2.75, 3.05) is 6.54 Å². The summed E-state index contributed by atoms with van der Waals surface area (Å²) in [6.07, 6.45) is 1.45. The highest BCUT2D eigenvalue weighted by atomic mass is 16.6. The van der Waals surface area contributed by atoms with Gasteiger partial charge in [0.05, 0.1) is 6.04 Å². The van der Waals surface area contributed by atoms with Gasteiger partial charge in [0.1, 0.15) is 11.6 Å². The number of hydrogen-bond donors (Lipinski definition) is 1.